The summed E-state index contributed by atoms with van der Waals surface area (Å²) >= 11 is 0. The van der Waals surface area contributed by atoms with E-state index in [4.69, 9.17) is 0 Å². The van der Waals surface area contributed by atoms with Gasteiger partial charge in [0.25, 0.3) is 0 Å². The molecule has 0 aromatic rings. The molecule has 1 amide bonds. The number of rotatable bonds is 4. The Morgan fingerprint density at radius 1 is 1.41 bits per heavy atom. The third-order valence-corrected chi connectivity index (χ3v) is 3.07. The molecule has 5 nitrogen and oxygen atoms in total. The lowest BCUT2D eigenvalue weighted by molar-refractivity contribution is -0.150. The zero-order chi connectivity index (χ0) is 12.9. The van der Waals surface area contributed by atoms with Crippen LogP contribution in [0.15, 0.2) is 0 Å². The number of amides is 1. The van der Waals surface area contributed by atoms with Crippen LogP contribution in [-0.4, -0.2) is 38.1 Å². The van der Waals surface area contributed by atoms with Gasteiger partial charge < -0.3 is 15.4 Å². The fraction of sp³-hybridized carbons (Fsp3) is 0.833. The van der Waals surface area contributed by atoms with E-state index < -0.39 is 5.41 Å². The second kappa shape index (κ2) is 6.00. The lowest BCUT2D eigenvalue weighted by atomic mass is 9.93. The second-order valence-corrected chi connectivity index (χ2v) is 5.10. The van der Waals surface area contributed by atoms with Crippen LogP contribution in [0.5, 0.6) is 0 Å². The Morgan fingerprint density at radius 3 is 2.65 bits per heavy atom. The van der Waals surface area contributed by atoms with Gasteiger partial charge in [-0.2, -0.15) is 0 Å². The average molecular weight is 242 g/mol. The first-order chi connectivity index (χ1) is 7.97. The van der Waals surface area contributed by atoms with E-state index in [1.807, 2.05) is 0 Å². The van der Waals surface area contributed by atoms with Crippen LogP contribution in [0.25, 0.3) is 0 Å². The molecule has 5 heteroatoms. The van der Waals surface area contributed by atoms with E-state index in [1.54, 1.807) is 13.8 Å². The number of carbonyl (C=O) groups is 2. The molecule has 2 N–H and O–H groups in total. The standard InChI is InChI=1S/C12H22N2O3/c1-12(2,11(16)17-3)8-14-10(15)9-6-4-5-7-13-9/h9,13H,4-8H2,1-3H3,(H,14,15)/t9-/m1/s1. The summed E-state index contributed by atoms with van der Waals surface area (Å²) in [5.41, 5.74) is -0.681. The highest BCUT2D eigenvalue weighted by molar-refractivity contribution is 5.83. The molecule has 1 rings (SSSR count). The maximum Gasteiger partial charge on any atom is 0.313 e. The van der Waals surface area contributed by atoms with Crippen molar-refractivity contribution in [1.29, 1.82) is 0 Å². The van der Waals surface area contributed by atoms with Crippen LogP contribution in [0.4, 0.5) is 0 Å². The van der Waals surface area contributed by atoms with Gasteiger partial charge in [-0.15, -0.1) is 0 Å². The van der Waals surface area contributed by atoms with Gasteiger partial charge in [0.1, 0.15) is 0 Å². The molecule has 0 bridgehead atoms. The van der Waals surface area contributed by atoms with Crippen molar-refractivity contribution in [2.75, 3.05) is 20.2 Å². The van der Waals surface area contributed by atoms with E-state index in [1.165, 1.54) is 7.11 Å². The summed E-state index contributed by atoms with van der Waals surface area (Å²) in [6.07, 6.45) is 3.06. The van der Waals surface area contributed by atoms with Crippen molar-refractivity contribution in [2.45, 2.75) is 39.2 Å². The third kappa shape index (κ3) is 4.00. The Kier molecular flexibility index (Phi) is 4.93. The first-order valence-electron chi connectivity index (χ1n) is 6.07. The lowest BCUT2D eigenvalue weighted by Crippen LogP contribution is -2.49. The van der Waals surface area contributed by atoms with E-state index in [0.717, 1.165) is 25.8 Å². The van der Waals surface area contributed by atoms with E-state index in [2.05, 4.69) is 15.4 Å². The summed E-state index contributed by atoms with van der Waals surface area (Å²) in [5.74, 6) is -0.337. The lowest BCUT2D eigenvalue weighted by Gasteiger charge is -2.26. The minimum Gasteiger partial charge on any atom is -0.469 e. The maximum absolute atomic E-state index is 11.8. The van der Waals surface area contributed by atoms with Crippen molar-refractivity contribution in [1.82, 2.24) is 10.6 Å². The number of nitrogens with one attached hydrogen (secondary N) is 2. The van der Waals surface area contributed by atoms with Crippen LogP contribution < -0.4 is 10.6 Å². The summed E-state index contributed by atoms with van der Waals surface area (Å²) in [5, 5.41) is 5.98. The van der Waals surface area contributed by atoms with Crippen molar-refractivity contribution in [3.05, 3.63) is 0 Å². The van der Waals surface area contributed by atoms with Gasteiger partial charge in [0.15, 0.2) is 0 Å². The van der Waals surface area contributed by atoms with E-state index in [-0.39, 0.29) is 17.9 Å². The van der Waals surface area contributed by atoms with Crippen LogP contribution in [0.2, 0.25) is 0 Å². The molecule has 0 spiro atoms. The Bertz CT molecular complexity index is 283. The monoisotopic (exact) mass is 242 g/mol. The highest BCUT2D eigenvalue weighted by Crippen LogP contribution is 2.15. The first-order valence-corrected chi connectivity index (χ1v) is 6.07. The van der Waals surface area contributed by atoms with E-state index in [9.17, 15) is 9.59 Å². The second-order valence-electron chi connectivity index (χ2n) is 5.10. The Morgan fingerprint density at radius 2 is 2.12 bits per heavy atom. The molecule has 1 saturated heterocycles. The summed E-state index contributed by atoms with van der Waals surface area (Å²) in [7, 11) is 1.36. The normalized spacial score (nSPS) is 20.8. The van der Waals surface area contributed by atoms with Crippen LogP contribution >= 0.6 is 0 Å². The Labute approximate surface area is 102 Å². The highest BCUT2D eigenvalue weighted by Gasteiger charge is 2.30. The molecule has 1 aliphatic rings. The fourth-order valence-electron chi connectivity index (χ4n) is 1.86. The van der Waals surface area contributed by atoms with Crippen LogP contribution in [0, 0.1) is 5.41 Å². The van der Waals surface area contributed by atoms with Crippen molar-refractivity contribution in [2.24, 2.45) is 5.41 Å². The zero-order valence-corrected chi connectivity index (χ0v) is 10.8. The van der Waals surface area contributed by atoms with Gasteiger partial charge in [0.05, 0.1) is 18.6 Å². The molecule has 0 radical (unpaired) electrons. The minimum atomic E-state index is -0.681. The molecular weight excluding hydrogens is 220 g/mol. The zero-order valence-electron chi connectivity index (χ0n) is 10.8. The molecule has 1 heterocycles. The molecular formula is C12H22N2O3. The quantitative estimate of drug-likeness (QED) is 0.702. The van der Waals surface area contributed by atoms with Gasteiger partial charge >= 0.3 is 5.97 Å². The van der Waals surface area contributed by atoms with Crippen LogP contribution in [-0.2, 0) is 14.3 Å². The largest absolute Gasteiger partial charge is 0.469 e. The molecule has 17 heavy (non-hydrogen) atoms. The van der Waals surface area contributed by atoms with Gasteiger partial charge in [0.2, 0.25) is 5.91 Å². The van der Waals surface area contributed by atoms with Crippen molar-refractivity contribution >= 4 is 11.9 Å². The minimum absolute atomic E-state index is 0.0262. The van der Waals surface area contributed by atoms with Crippen LogP contribution in [0.1, 0.15) is 33.1 Å². The fourth-order valence-corrected chi connectivity index (χ4v) is 1.86. The van der Waals surface area contributed by atoms with Gasteiger partial charge in [-0.05, 0) is 33.2 Å². The molecule has 0 aliphatic carbocycles. The molecule has 1 atom stereocenters. The Hall–Kier alpha value is -1.10. The van der Waals surface area contributed by atoms with E-state index in [0.29, 0.717) is 6.54 Å². The molecule has 0 aromatic carbocycles. The number of carbonyl (C=O) groups excluding carboxylic acids is 2. The summed E-state index contributed by atoms with van der Waals surface area (Å²) in [6.45, 7) is 4.70. The first kappa shape index (κ1) is 14.0. The van der Waals surface area contributed by atoms with E-state index >= 15 is 0 Å². The number of esters is 1. The highest BCUT2D eigenvalue weighted by atomic mass is 16.5. The summed E-state index contributed by atoms with van der Waals surface area (Å²) in [6, 6.07) is -0.114. The number of ether oxygens (including phenoxy) is 1. The molecule has 0 aromatic heterocycles. The molecule has 1 fully saturated rings. The average Bonchev–Trinajstić information content (AvgIpc) is 2.36. The third-order valence-electron chi connectivity index (χ3n) is 3.07. The smallest absolute Gasteiger partial charge is 0.313 e. The van der Waals surface area contributed by atoms with Gasteiger partial charge in [-0.25, -0.2) is 0 Å². The van der Waals surface area contributed by atoms with Gasteiger partial charge in [-0.3, -0.25) is 9.59 Å². The van der Waals surface area contributed by atoms with Crippen LogP contribution in [0.3, 0.4) is 0 Å². The summed E-state index contributed by atoms with van der Waals surface area (Å²) < 4.78 is 4.69. The van der Waals surface area contributed by atoms with Crippen molar-refractivity contribution in [3.63, 3.8) is 0 Å². The Balaban J connectivity index is 2.39. The van der Waals surface area contributed by atoms with Crippen molar-refractivity contribution in [3.8, 4) is 0 Å². The SMILES string of the molecule is COC(=O)C(C)(C)CNC(=O)[C@H]1CCCCN1. The molecule has 0 saturated carbocycles. The summed E-state index contributed by atoms with van der Waals surface area (Å²) in [4.78, 5) is 23.3. The molecule has 0 unspecified atom stereocenters. The topological polar surface area (TPSA) is 67.4 Å². The van der Waals surface area contributed by atoms with Gasteiger partial charge in [0, 0.05) is 6.54 Å². The predicted octanol–water partition coefficient (Wildman–Crippen LogP) is 0.444. The molecule has 1 aliphatic heterocycles. The van der Waals surface area contributed by atoms with Crippen molar-refractivity contribution < 1.29 is 14.3 Å². The molecule has 98 valence electrons. The number of hydrogen-bond acceptors (Lipinski definition) is 4. The maximum atomic E-state index is 11.8. The number of methoxy groups -OCH3 is 1. The van der Waals surface area contributed by atoms with Gasteiger partial charge in [-0.1, -0.05) is 6.42 Å². The number of hydrogen-bond donors (Lipinski definition) is 2. The predicted molar refractivity (Wildman–Crippen MR) is 64.4 cm³/mol. The number of piperidine rings is 1.